The van der Waals surface area contributed by atoms with E-state index in [4.69, 9.17) is 10.2 Å². The van der Waals surface area contributed by atoms with Crippen LogP contribution < -0.4 is 5.32 Å². The van der Waals surface area contributed by atoms with Gasteiger partial charge in [0.2, 0.25) is 5.76 Å². The van der Waals surface area contributed by atoms with Gasteiger partial charge in [-0.15, -0.1) is 0 Å². The fourth-order valence-electron chi connectivity index (χ4n) is 0.606. The number of aromatic carboxylic acids is 1. The number of hydrogen-bond acceptors (Lipinski definition) is 5. The minimum Gasteiger partial charge on any atom is -0.480 e. The minimum atomic E-state index is -1.25. The molecule has 0 fully saturated rings. The lowest BCUT2D eigenvalue weighted by atomic mass is 10.5. The zero-order chi connectivity index (χ0) is 9.84. The van der Waals surface area contributed by atoms with E-state index in [0.29, 0.717) is 0 Å². The molecule has 0 radical (unpaired) electrons. The summed E-state index contributed by atoms with van der Waals surface area (Å²) in [5.41, 5.74) is 0. The predicted octanol–water partition coefficient (Wildman–Crippen LogP) is -0.131. The smallest absolute Gasteiger partial charge is 0.373 e. The normalized spacial score (nSPS) is 9.54. The largest absolute Gasteiger partial charge is 0.480 e. The molecule has 0 aliphatic carbocycles. The average Bonchev–Trinajstić information content (AvgIpc) is 2.48. The molecule has 3 N–H and O–H groups in total. The second-order valence-electron chi connectivity index (χ2n) is 2.08. The summed E-state index contributed by atoms with van der Waals surface area (Å²) < 4.78 is 4.61. The van der Waals surface area contributed by atoms with Crippen molar-refractivity contribution in [3.05, 3.63) is 12.0 Å². The average molecular weight is 186 g/mol. The molecule has 7 nitrogen and oxygen atoms in total. The fraction of sp³-hybridized carbons (Fsp3) is 0.167. The summed E-state index contributed by atoms with van der Waals surface area (Å²) in [5.74, 6) is -2.68. The van der Waals surface area contributed by atoms with E-state index >= 15 is 0 Å². The third-order valence-corrected chi connectivity index (χ3v) is 1.11. The van der Waals surface area contributed by atoms with Crippen LogP contribution in [0.2, 0.25) is 0 Å². The van der Waals surface area contributed by atoms with Crippen molar-refractivity contribution in [3.8, 4) is 0 Å². The molecule has 0 amide bonds. The molecule has 1 heterocycles. The second-order valence-corrected chi connectivity index (χ2v) is 2.08. The number of nitrogens with zero attached hydrogens (tertiary/aromatic N) is 1. The Morgan fingerprint density at radius 3 is 2.69 bits per heavy atom. The van der Waals surface area contributed by atoms with E-state index in [9.17, 15) is 9.59 Å². The van der Waals surface area contributed by atoms with Crippen LogP contribution in [0.5, 0.6) is 0 Å². The lowest BCUT2D eigenvalue weighted by Crippen LogP contribution is -2.12. The summed E-state index contributed by atoms with van der Waals surface area (Å²) in [6, 6.07) is -0.125. The molecule has 13 heavy (non-hydrogen) atoms. The molecule has 0 aliphatic heterocycles. The van der Waals surface area contributed by atoms with Crippen LogP contribution in [0.4, 0.5) is 6.01 Å². The first-order valence-corrected chi connectivity index (χ1v) is 3.24. The number of carboxylic acid groups (broad SMARTS) is 2. The Hall–Kier alpha value is -2.05. The highest BCUT2D eigenvalue weighted by Gasteiger charge is 2.10. The lowest BCUT2D eigenvalue weighted by molar-refractivity contribution is -0.134. The Labute approximate surface area is 72.0 Å². The molecule has 1 aromatic rings. The number of oxazole rings is 1. The number of aromatic nitrogens is 1. The monoisotopic (exact) mass is 186 g/mol. The van der Waals surface area contributed by atoms with Crippen LogP contribution in [0.15, 0.2) is 10.6 Å². The van der Waals surface area contributed by atoms with Gasteiger partial charge in [-0.25, -0.2) is 9.78 Å². The lowest BCUT2D eigenvalue weighted by Gasteiger charge is -1.94. The number of carbonyl (C=O) groups is 2. The van der Waals surface area contributed by atoms with Gasteiger partial charge in [0.1, 0.15) is 6.54 Å². The van der Waals surface area contributed by atoms with Crippen LogP contribution in [0, 0.1) is 0 Å². The van der Waals surface area contributed by atoms with Crippen LogP contribution in [0.1, 0.15) is 10.6 Å². The standard InChI is InChI=1S/C6H6N2O5/c9-4(10)2-8-6-7-1-3(13-6)5(11)12/h1H,2H2,(H,7,8)(H,9,10)(H,11,12). The highest BCUT2D eigenvalue weighted by Crippen LogP contribution is 2.07. The van der Waals surface area contributed by atoms with Crippen LogP contribution >= 0.6 is 0 Å². The van der Waals surface area contributed by atoms with Crippen molar-refractivity contribution < 1.29 is 24.2 Å². The molecule has 1 aromatic heterocycles. The number of carboxylic acids is 2. The summed E-state index contributed by atoms with van der Waals surface area (Å²) in [6.45, 7) is -0.375. The van der Waals surface area contributed by atoms with Gasteiger partial charge >= 0.3 is 11.9 Å². The van der Waals surface area contributed by atoms with Crippen LogP contribution in [-0.4, -0.2) is 33.7 Å². The Morgan fingerprint density at radius 2 is 2.23 bits per heavy atom. The zero-order valence-electron chi connectivity index (χ0n) is 6.35. The number of aliphatic carboxylic acids is 1. The van der Waals surface area contributed by atoms with Crippen LogP contribution in [-0.2, 0) is 4.79 Å². The van der Waals surface area contributed by atoms with Gasteiger partial charge in [0, 0.05) is 0 Å². The zero-order valence-corrected chi connectivity index (χ0v) is 6.35. The van der Waals surface area contributed by atoms with Gasteiger partial charge < -0.3 is 19.9 Å². The Bertz CT molecular complexity index is 332. The maximum Gasteiger partial charge on any atom is 0.373 e. The van der Waals surface area contributed by atoms with E-state index in [2.05, 4.69) is 14.7 Å². The molecule has 0 spiro atoms. The van der Waals surface area contributed by atoms with Crippen molar-refractivity contribution in [1.29, 1.82) is 0 Å². The molecular formula is C6H6N2O5. The van der Waals surface area contributed by atoms with Gasteiger partial charge in [-0.05, 0) is 0 Å². The summed E-state index contributed by atoms with van der Waals surface area (Å²) in [5, 5.41) is 18.9. The highest BCUT2D eigenvalue weighted by atomic mass is 16.4. The maximum atomic E-state index is 10.3. The summed E-state index contributed by atoms with van der Waals surface area (Å²) in [4.78, 5) is 23.8. The number of hydrogen-bond donors (Lipinski definition) is 3. The van der Waals surface area contributed by atoms with E-state index in [1.165, 1.54) is 0 Å². The van der Waals surface area contributed by atoms with Crippen molar-refractivity contribution in [3.63, 3.8) is 0 Å². The Kier molecular flexibility index (Phi) is 2.48. The third kappa shape index (κ3) is 2.47. The number of anilines is 1. The van der Waals surface area contributed by atoms with Gasteiger partial charge in [-0.2, -0.15) is 0 Å². The Morgan fingerprint density at radius 1 is 1.54 bits per heavy atom. The molecular weight excluding hydrogens is 180 g/mol. The van der Waals surface area contributed by atoms with Gasteiger partial charge in [0.05, 0.1) is 6.20 Å². The molecule has 0 aromatic carbocycles. The molecule has 0 bridgehead atoms. The van der Waals surface area contributed by atoms with Crippen molar-refractivity contribution >= 4 is 18.0 Å². The number of nitrogens with one attached hydrogen (secondary N) is 1. The molecule has 70 valence electrons. The van der Waals surface area contributed by atoms with Crippen LogP contribution in [0.3, 0.4) is 0 Å². The van der Waals surface area contributed by atoms with E-state index in [1.54, 1.807) is 0 Å². The third-order valence-electron chi connectivity index (χ3n) is 1.11. The van der Waals surface area contributed by atoms with Crippen molar-refractivity contribution in [2.75, 3.05) is 11.9 Å². The molecule has 0 saturated heterocycles. The predicted molar refractivity (Wildman–Crippen MR) is 39.6 cm³/mol. The highest BCUT2D eigenvalue weighted by molar-refractivity contribution is 5.84. The van der Waals surface area contributed by atoms with E-state index in [1.807, 2.05) is 0 Å². The van der Waals surface area contributed by atoms with E-state index in [0.717, 1.165) is 6.20 Å². The molecule has 0 unspecified atom stereocenters. The first-order chi connectivity index (χ1) is 6.09. The molecule has 1 rings (SSSR count). The summed E-state index contributed by atoms with van der Waals surface area (Å²) >= 11 is 0. The number of rotatable bonds is 4. The molecule has 0 saturated carbocycles. The first-order valence-electron chi connectivity index (χ1n) is 3.24. The van der Waals surface area contributed by atoms with E-state index < -0.39 is 11.9 Å². The minimum absolute atomic E-state index is 0.125. The van der Waals surface area contributed by atoms with Crippen LogP contribution in [0.25, 0.3) is 0 Å². The summed E-state index contributed by atoms with van der Waals surface area (Å²) in [6.07, 6.45) is 0.993. The Balaban J connectivity index is 2.59. The van der Waals surface area contributed by atoms with Crippen molar-refractivity contribution in [2.45, 2.75) is 0 Å². The second kappa shape index (κ2) is 3.57. The molecule has 0 aliphatic rings. The van der Waals surface area contributed by atoms with Crippen molar-refractivity contribution in [1.82, 2.24) is 4.98 Å². The fourth-order valence-corrected chi connectivity index (χ4v) is 0.606. The quantitative estimate of drug-likeness (QED) is 0.600. The van der Waals surface area contributed by atoms with Crippen molar-refractivity contribution in [2.24, 2.45) is 0 Å². The van der Waals surface area contributed by atoms with Gasteiger partial charge in [-0.1, -0.05) is 0 Å². The topological polar surface area (TPSA) is 113 Å². The van der Waals surface area contributed by atoms with Gasteiger partial charge in [0.25, 0.3) is 6.01 Å². The molecule has 7 heteroatoms. The molecule has 0 atom stereocenters. The van der Waals surface area contributed by atoms with Gasteiger partial charge in [-0.3, -0.25) is 4.79 Å². The SMILES string of the molecule is O=C(O)CNc1ncc(C(=O)O)o1. The summed E-state index contributed by atoms with van der Waals surface area (Å²) in [7, 11) is 0. The first kappa shape index (κ1) is 9.04. The maximum absolute atomic E-state index is 10.3. The van der Waals surface area contributed by atoms with Gasteiger partial charge in [0.15, 0.2) is 0 Å². The van der Waals surface area contributed by atoms with E-state index in [-0.39, 0.29) is 18.3 Å².